The first kappa shape index (κ1) is 16.9. The van der Waals surface area contributed by atoms with Crippen molar-refractivity contribution in [3.63, 3.8) is 0 Å². The van der Waals surface area contributed by atoms with Gasteiger partial charge >= 0.3 is 0 Å². The first-order valence-corrected chi connectivity index (χ1v) is 6.48. The van der Waals surface area contributed by atoms with E-state index in [2.05, 4.69) is 10.6 Å². The second kappa shape index (κ2) is 7.36. The van der Waals surface area contributed by atoms with E-state index in [9.17, 15) is 9.59 Å². The van der Waals surface area contributed by atoms with Gasteiger partial charge in [-0.3, -0.25) is 9.59 Å². The molecular formula is C13H27N3O2. The van der Waals surface area contributed by atoms with Crippen LogP contribution in [0.3, 0.4) is 0 Å². The molecule has 0 fully saturated rings. The molecule has 0 bridgehead atoms. The lowest BCUT2D eigenvalue weighted by molar-refractivity contribution is -0.137. The molecule has 2 N–H and O–H groups in total. The highest BCUT2D eigenvalue weighted by Gasteiger charge is 2.31. The molecule has 2 amide bonds. The van der Waals surface area contributed by atoms with Crippen molar-refractivity contribution in [1.82, 2.24) is 15.5 Å². The summed E-state index contributed by atoms with van der Waals surface area (Å²) in [6.45, 7) is 10.3. The van der Waals surface area contributed by atoms with Crippen LogP contribution in [-0.2, 0) is 9.59 Å². The molecule has 0 saturated carbocycles. The maximum atomic E-state index is 12.1. The normalized spacial score (nSPS) is 11.5. The minimum Gasteiger partial charge on any atom is -0.353 e. The molecule has 0 saturated heterocycles. The quantitative estimate of drug-likeness (QED) is 0.668. The maximum absolute atomic E-state index is 12.1. The molecular weight excluding hydrogens is 230 g/mol. The van der Waals surface area contributed by atoms with Gasteiger partial charge in [-0.2, -0.15) is 0 Å². The molecule has 0 atom stereocenters. The molecule has 0 aromatic rings. The number of rotatable bonds is 7. The van der Waals surface area contributed by atoms with Crippen molar-refractivity contribution in [3.05, 3.63) is 0 Å². The highest BCUT2D eigenvalue weighted by molar-refractivity contribution is 5.83. The number of carbonyl (C=O) groups is 2. The standard InChI is InChI=1S/C13H27N3O2/c1-7-11(17)16(9-14-6)8-13(4,5)12(18)15-10(2)3/h10,14H,7-9H2,1-6H3,(H,15,18). The van der Waals surface area contributed by atoms with Crippen LogP contribution in [0, 0.1) is 5.41 Å². The number of hydrogen-bond donors (Lipinski definition) is 2. The largest absolute Gasteiger partial charge is 0.353 e. The average molecular weight is 257 g/mol. The highest BCUT2D eigenvalue weighted by atomic mass is 16.2. The van der Waals surface area contributed by atoms with Crippen molar-refractivity contribution in [3.8, 4) is 0 Å². The molecule has 0 rings (SSSR count). The van der Waals surface area contributed by atoms with Crippen LogP contribution in [-0.4, -0.2) is 43.0 Å². The lowest BCUT2D eigenvalue weighted by atomic mass is 9.91. The first-order valence-electron chi connectivity index (χ1n) is 6.48. The van der Waals surface area contributed by atoms with E-state index in [4.69, 9.17) is 0 Å². The van der Waals surface area contributed by atoms with Gasteiger partial charge in [0.2, 0.25) is 11.8 Å². The Hall–Kier alpha value is -1.10. The number of carbonyl (C=O) groups excluding carboxylic acids is 2. The fourth-order valence-corrected chi connectivity index (χ4v) is 1.65. The zero-order valence-electron chi connectivity index (χ0n) is 12.5. The van der Waals surface area contributed by atoms with E-state index in [-0.39, 0.29) is 17.9 Å². The molecule has 0 aliphatic carbocycles. The van der Waals surface area contributed by atoms with E-state index in [0.29, 0.717) is 19.6 Å². The third kappa shape index (κ3) is 5.49. The van der Waals surface area contributed by atoms with Gasteiger partial charge in [-0.1, -0.05) is 6.92 Å². The van der Waals surface area contributed by atoms with Gasteiger partial charge in [-0.15, -0.1) is 0 Å². The van der Waals surface area contributed by atoms with Crippen LogP contribution >= 0.6 is 0 Å². The molecule has 0 aliphatic heterocycles. The summed E-state index contributed by atoms with van der Waals surface area (Å²) in [5.41, 5.74) is -0.591. The number of hydrogen-bond acceptors (Lipinski definition) is 3. The van der Waals surface area contributed by atoms with Gasteiger partial charge in [-0.25, -0.2) is 0 Å². The Morgan fingerprint density at radius 2 is 1.83 bits per heavy atom. The first-order chi connectivity index (χ1) is 8.24. The molecule has 0 heterocycles. The van der Waals surface area contributed by atoms with Crippen LogP contribution in [0.15, 0.2) is 0 Å². The molecule has 0 unspecified atom stereocenters. The van der Waals surface area contributed by atoms with E-state index in [1.54, 1.807) is 11.9 Å². The second-order valence-electron chi connectivity index (χ2n) is 5.47. The van der Waals surface area contributed by atoms with Crippen LogP contribution in [0.2, 0.25) is 0 Å². The fraction of sp³-hybridized carbons (Fsp3) is 0.846. The summed E-state index contributed by atoms with van der Waals surface area (Å²) in [7, 11) is 1.79. The summed E-state index contributed by atoms with van der Waals surface area (Å²) in [6, 6.07) is 0.108. The number of nitrogens with one attached hydrogen (secondary N) is 2. The average Bonchev–Trinajstić information content (AvgIpc) is 2.26. The van der Waals surface area contributed by atoms with Crippen LogP contribution in [0.25, 0.3) is 0 Å². The predicted octanol–water partition coefficient (Wildman–Crippen LogP) is 0.953. The minimum atomic E-state index is -0.591. The summed E-state index contributed by atoms with van der Waals surface area (Å²) in [5.74, 6) is 0.0253. The van der Waals surface area contributed by atoms with Crippen molar-refractivity contribution in [2.45, 2.75) is 47.1 Å². The summed E-state index contributed by atoms with van der Waals surface area (Å²) in [5, 5.41) is 5.85. The zero-order valence-corrected chi connectivity index (χ0v) is 12.5. The SMILES string of the molecule is CCC(=O)N(CNC)CC(C)(C)C(=O)NC(C)C. The van der Waals surface area contributed by atoms with E-state index < -0.39 is 5.41 Å². The third-order valence-electron chi connectivity index (χ3n) is 2.62. The number of nitrogens with zero attached hydrogens (tertiary/aromatic N) is 1. The van der Waals surface area contributed by atoms with Gasteiger partial charge in [0.1, 0.15) is 0 Å². The monoisotopic (exact) mass is 257 g/mol. The van der Waals surface area contributed by atoms with E-state index in [1.165, 1.54) is 0 Å². The molecule has 5 heteroatoms. The molecule has 0 radical (unpaired) electrons. The molecule has 5 nitrogen and oxygen atoms in total. The Bertz CT molecular complexity index is 288. The topological polar surface area (TPSA) is 61.4 Å². The van der Waals surface area contributed by atoms with Gasteiger partial charge in [-0.05, 0) is 34.7 Å². The smallest absolute Gasteiger partial charge is 0.227 e. The second-order valence-corrected chi connectivity index (χ2v) is 5.47. The maximum Gasteiger partial charge on any atom is 0.227 e. The van der Waals surface area contributed by atoms with Crippen molar-refractivity contribution in [1.29, 1.82) is 0 Å². The van der Waals surface area contributed by atoms with Crippen LogP contribution < -0.4 is 10.6 Å². The Morgan fingerprint density at radius 3 is 2.22 bits per heavy atom. The molecule has 18 heavy (non-hydrogen) atoms. The van der Waals surface area contributed by atoms with Gasteiger partial charge < -0.3 is 15.5 Å². The van der Waals surface area contributed by atoms with Crippen molar-refractivity contribution in [2.24, 2.45) is 5.41 Å². The zero-order chi connectivity index (χ0) is 14.3. The van der Waals surface area contributed by atoms with Crippen molar-refractivity contribution < 1.29 is 9.59 Å². The van der Waals surface area contributed by atoms with Crippen LogP contribution in [0.1, 0.15) is 41.0 Å². The molecule has 0 aromatic carbocycles. The molecule has 106 valence electrons. The third-order valence-corrected chi connectivity index (χ3v) is 2.62. The number of amides is 2. The summed E-state index contributed by atoms with van der Waals surface area (Å²) in [4.78, 5) is 25.5. The van der Waals surface area contributed by atoms with E-state index in [0.717, 1.165) is 0 Å². The Balaban J connectivity index is 4.68. The summed E-state index contributed by atoms with van der Waals surface area (Å²) in [6.07, 6.45) is 0.448. The van der Waals surface area contributed by atoms with E-state index >= 15 is 0 Å². The molecule has 0 aliphatic rings. The summed E-state index contributed by atoms with van der Waals surface area (Å²) >= 11 is 0. The predicted molar refractivity (Wildman–Crippen MR) is 73.0 cm³/mol. The highest BCUT2D eigenvalue weighted by Crippen LogP contribution is 2.18. The van der Waals surface area contributed by atoms with Gasteiger partial charge in [0.05, 0.1) is 12.1 Å². The lowest BCUT2D eigenvalue weighted by Crippen LogP contribution is -2.50. The van der Waals surface area contributed by atoms with E-state index in [1.807, 2.05) is 34.6 Å². The molecule has 0 spiro atoms. The summed E-state index contributed by atoms with van der Waals surface area (Å²) < 4.78 is 0. The van der Waals surface area contributed by atoms with Crippen molar-refractivity contribution >= 4 is 11.8 Å². The Kier molecular flexibility index (Phi) is 6.91. The molecule has 0 aromatic heterocycles. The van der Waals surface area contributed by atoms with Gasteiger partial charge in [0.25, 0.3) is 0 Å². The minimum absolute atomic E-state index is 0.0255. The Morgan fingerprint density at radius 1 is 1.28 bits per heavy atom. The fourth-order valence-electron chi connectivity index (χ4n) is 1.65. The van der Waals surface area contributed by atoms with Crippen molar-refractivity contribution in [2.75, 3.05) is 20.3 Å². The van der Waals surface area contributed by atoms with Crippen LogP contribution in [0.4, 0.5) is 0 Å². The van der Waals surface area contributed by atoms with Gasteiger partial charge in [0, 0.05) is 19.0 Å². The Labute approximate surface area is 110 Å². The van der Waals surface area contributed by atoms with Gasteiger partial charge in [0.15, 0.2) is 0 Å². The lowest BCUT2D eigenvalue weighted by Gasteiger charge is -2.32. The van der Waals surface area contributed by atoms with Crippen LogP contribution in [0.5, 0.6) is 0 Å².